The molecule has 3 aliphatic rings. The Balaban J connectivity index is 1.30. The molecule has 7 nitrogen and oxygen atoms in total. The second-order valence-corrected chi connectivity index (χ2v) is 14.0. The number of likely N-dealkylation sites (N-methyl/N-ethyl adjacent to an activating group) is 1. The SMILES string of the molecule is C=C[C@@]12CCc3cc(OS(N)(=O)=O)ccc3C1[C@@H](c1ccc(OCCN(C)c3ccccc3)cc1)C[C@@]1(C)C2CC[C@@H]1O. The summed E-state index contributed by atoms with van der Waals surface area (Å²) in [5, 5.41) is 16.5. The third kappa shape index (κ3) is 5.45. The van der Waals surface area contributed by atoms with Crippen molar-refractivity contribution in [2.45, 2.75) is 57.0 Å². The van der Waals surface area contributed by atoms with E-state index in [0.29, 0.717) is 12.5 Å². The number of allylic oxidation sites excluding steroid dienone is 1. The Morgan fingerprint density at radius 2 is 1.79 bits per heavy atom. The molecule has 0 bridgehead atoms. The summed E-state index contributed by atoms with van der Waals surface area (Å²) in [4.78, 5) is 2.18. The summed E-state index contributed by atoms with van der Waals surface area (Å²) >= 11 is 0. The number of nitrogens with zero attached hydrogens (tertiary/aromatic N) is 1. The lowest BCUT2D eigenvalue weighted by Crippen LogP contribution is -2.53. The van der Waals surface area contributed by atoms with Crippen LogP contribution in [-0.4, -0.2) is 39.8 Å². The molecule has 43 heavy (non-hydrogen) atoms. The maximum atomic E-state index is 11.6. The van der Waals surface area contributed by atoms with Crippen LogP contribution in [0.2, 0.25) is 0 Å². The van der Waals surface area contributed by atoms with Gasteiger partial charge in [0.25, 0.3) is 0 Å². The fourth-order valence-electron chi connectivity index (χ4n) is 8.64. The molecule has 3 aliphatic carbocycles. The van der Waals surface area contributed by atoms with Crippen LogP contribution in [0.3, 0.4) is 0 Å². The van der Waals surface area contributed by atoms with Crippen LogP contribution in [0.4, 0.5) is 5.69 Å². The van der Waals surface area contributed by atoms with E-state index in [-0.39, 0.29) is 34.5 Å². The smallest absolute Gasteiger partial charge is 0.380 e. The third-order valence-corrected chi connectivity index (χ3v) is 11.1. The van der Waals surface area contributed by atoms with Gasteiger partial charge >= 0.3 is 10.3 Å². The second kappa shape index (κ2) is 11.3. The maximum absolute atomic E-state index is 11.6. The summed E-state index contributed by atoms with van der Waals surface area (Å²) in [6.45, 7) is 8.00. The lowest BCUT2D eigenvalue weighted by Gasteiger charge is -2.60. The predicted molar refractivity (Wildman–Crippen MR) is 170 cm³/mol. The van der Waals surface area contributed by atoms with E-state index in [1.165, 1.54) is 11.1 Å². The van der Waals surface area contributed by atoms with Crippen molar-refractivity contribution in [1.29, 1.82) is 0 Å². The Hall–Kier alpha value is -3.33. The summed E-state index contributed by atoms with van der Waals surface area (Å²) < 4.78 is 34.4. The molecule has 2 unspecified atom stereocenters. The number of aryl methyl sites for hydroxylation is 1. The Labute approximate surface area is 255 Å². The predicted octanol–water partition coefficient (Wildman–Crippen LogP) is 5.95. The number of hydrogen-bond donors (Lipinski definition) is 2. The summed E-state index contributed by atoms with van der Waals surface area (Å²) in [7, 11) is -2.05. The summed E-state index contributed by atoms with van der Waals surface area (Å²) in [5.74, 6) is 1.64. The minimum Gasteiger partial charge on any atom is -0.492 e. The van der Waals surface area contributed by atoms with Crippen molar-refractivity contribution in [2.75, 3.05) is 25.1 Å². The molecule has 0 radical (unpaired) electrons. The quantitative estimate of drug-likeness (QED) is 0.294. The number of anilines is 1. The van der Waals surface area contributed by atoms with E-state index >= 15 is 0 Å². The fraction of sp³-hybridized carbons (Fsp3) is 0.429. The van der Waals surface area contributed by atoms with E-state index < -0.39 is 10.3 Å². The van der Waals surface area contributed by atoms with Crippen LogP contribution in [0.1, 0.15) is 61.1 Å². The van der Waals surface area contributed by atoms with Gasteiger partial charge in [0, 0.05) is 18.7 Å². The van der Waals surface area contributed by atoms with Crippen LogP contribution >= 0.6 is 0 Å². The maximum Gasteiger partial charge on any atom is 0.380 e. The monoisotopic (exact) mass is 602 g/mol. The Morgan fingerprint density at radius 1 is 1.07 bits per heavy atom. The molecular formula is C35H42N2O5S. The van der Waals surface area contributed by atoms with Crippen LogP contribution in [-0.2, 0) is 16.7 Å². The molecule has 0 amide bonds. The molecule has 0 aromatic heterocycles. The summed E-state index contributed by atoms with van der Waals surface area (Å²) in [6, 6.07) is 24.3. The Bertz CT molecular complexity index is 1580. The van der Waals surface area contributed by atoms with Gasteiger partial charge in [-0.2, -0.15) is 13.6 Å². The van der Waals surface area contributed by atoms with Gasteiger partial charge in [0.15, 0.2) is 0 Å². The van der Waals surface area contributed by atoms with Gasteiger partial charge in [0.2, 0.25) is 0 Å². The van der Waals surface area contributed by atoms with E-state index in [1.807, 2.05) is 30.3 Å². The molecule has 3 aromatic carbocycles. The van der Waals surface area contributed by atoms with Crippen LogP contribution in [0.15, 0.2) is 85.5 Å². The first-order valence-corrected chi connectivity index (χ1v) is 16.7. The van der Waals surface area contributed by atoms with E-state index in [9.17, 15) is 13.5 Å². The molecule has 2 fully saturated rings. The number of hydrogen-bond acceptors (Lipinski definition) is 6. The van der Waals surface area contributed by atoms with E-state index in [1.54, 1.807) is 6.07 Å². The normalized spacial score (nSPS) is 29.6. The highest BCUT2D eigenvalue weighted by Crippen LogP contribution is 2.71. The number of benzene rings is 3. The van der Waals surface area contributed by atoms with Crippen LogP contribution in [0.25, 0.3) is 0 Å². The molecular weight excluding hydrogens is 560 g/mol. The zero-order chi connectivity index (χ0) is 30.4. The molecule has 0 saturated heterocycles. The molecule has 228 valence electrons. The van der Waals surface area contributed by atoms with Crippen molar-refractivity contribution in [3.63, 3.8) is 0 Å². The van der Waals surface area contributed by atoms with Gasteiger partial charge in [0.05, 0.1) is 12.6 Å². The van der Waals surface area contributed by atoms with E-state index in [0.717, 1.165) is 55.6 Å². The summed E-state index contributed by atoms with van der Waals surface area (Å²) in [6.07, 6.45) is 6.10. The molecule has 2 saturated carbocycles. The average Bonchev–Trinajstić information content (AvgIpc) is 3.30. The van der Waals surface area contributed by atoms with Gasteiger partial charge < -0.3 is 18.9 Å². The molecule has 6 rings (SSSR count). The number of para-hydroxylation sites is 1. The van der Waals surface area contributed by atoms with Gasteiger partial charge in [0.1, 0.15) is 18.1 Å². The lowest BCUT2D eigenvalue weighted by atomic mass is 9.44. The van der Waals surface area contributed by atoms with Crippen LogP contribution in [0.5, 0.6) is 11.5 Å². The van der Waals surface area contributed by atoms with Gasteiger partial charge in [-0.3, -0.25) is 0 Å². The van der Waals surface area contributed by atoms with Crippen molar-refractivity contribution in [1.82, 2.24) is 0 Å². The highest BCUT2D eigenvalue weighted by atomic mass is 32.2. The number of fused-ring (bicyclic) bond motifs is 5. The molecule has 0 spiro atoms. The van der Waals surface area contributed by atoms with Crippen molar-refractivity contribution in [3.05, 3.63) is 102 Å². The molecule has 3 N–H and O–H groups in total. The van der Waals surface area contributed by atoms with E-state index in [2.05, 4.69) is 67.9 Å². The molecule has 0 aliphatic heterocycles. The Morgan fingerprint density at radius 3 is 2.49 bits per heavy atom. The number of ether oxygens (including phenoxy) is 1. The molecule has 6 atom stereocenters. The zero-order valence-corrected chi connectivity index (χ0v) is 25.8. The van der Waals surface area contributed by atoms with E-state index in [4.69, 9.17) is 14.1 Å². The van der Waals surface area contributed by atoms with Gasteiger partial charge in [-0.15, -0.1) is 6.58 Å². The number of aliphatic hydroxyl groups is 1. The zero-order valence-electron chi connectivity index (χ0n) is 25.0. The van der Waals surface area contributed by atoms with Crippen molar-refractivity contribution < 1.29 is 22.4 Å². The lowest BCUT2D eigenvalue weighted by molar-refractivity contribution is -0.0630. The fourth-order valence-corrected chi connectivity index (χ4v) is 9.01. The highest BCUT2D eigenvalue weighted by Gasteiger charge is 2.63. The topological polar surface area (TPSA) is 102 Å². The molecule has 3 aromatic rings. The average molecular weight is 603 g/mol. The molecule has 8 heteroatoms. The van der Waals surface area contributed by atoms with Crippen LogP contribution < -0.4 is 19.0 Å². The summed E-state index contributed by atoms with van der Waals surface area (Å²) in [5.41, 5.74) is 4.23. The number of nitrogens with two attached hydrogens (primary N) is 1. The minimum atomic E-state index is -4.11. The van der Waals surface area contributed by atoms with Crippen molar-refractivity contribution in [2.24, 2.45) is 21.9 Å². The first-order chi connectivity index (χ1) is 20.5. The first kappa shape index (κ1) is 29.7. The van der Waals surface area contributed by atoms with Crippen molar-refractivity contribution >= 4 is 16.0 Å². The van der Waals surface area contributed by atoms with Gasteiger partial charge in [-0.05, 0) is 108 Å². The molecule has 0 heterocycles. The third-order valence-electron chi connectivity index (χ3n) is 10.6. The number of aliphatic hydroxyl groups excluding tert-OH is 1. The number of rotatable bonds is 9. The van der Waals surface area contributed by atoms with Crippen molar-refractivity contribution in [3.8, 4) is 11.5 Å². The second-order valence-electron chi connectivity index (χ2n) is 12.9. The Kier molecular flexibility index (Phi) is 7.82. The van der Waals surface area contributed by atoms with Gasteiger partial charge in [-0.1, -0.05) is 49.4 Å². The first-order valence-electron chi connectivity index (χ1n) is 15.2. The minimum absolute atomic E-state index is 0.131. The highest BCUT2D eigenvalue weighted by molar-refractivity contribution is 7.84. The van der Waals surface area contributed by atoms with Crippen LogP contribution in [0, 0.1) is 16.7 Å². The largest absolute Gasteiger partial charge is 0.492 e. The standard InChI is InChI=1S/C35H42N2O5S/c1-4-35-19-18-25-22-28(42-43(36,39)40)14-15-29(25)33(35)30(23-34(2)31(35)16-17-32(34)38)24-10-12-27(13-11-24)41-21-20-37(3)26-8-6-5-7-9-26/h4-15,22,30-33,38H,1,16-21,23H2,2-3H3,(H2,36,39,40)/t30-,31?,32+,33?,34+,35+/m1/s1. The van der Waals surface area contributed by atoms with Gasteiger partial charge in [-0.25, -0.2) is 0 Å².